The van der Waals surface area contributed by atoms with Gasteiger partial charge in [-0.25, -0.2) is 8.42 Å². The summed E-state index contributed by atoms with van der Waals surface area (Å²) < 4.78 is 30.9. The first-order valence-corrected chi connectivity index (χ1v) is 7.35. The molecule has 0 heterocycles. The second kappa shape index (κ2) is 6.49. The number of hydrogen-bond donors (Lipinski definition) is 2. The fourth-order valence-corrected chi connectivity index (χ4v) is 2.61. The Hall–Kier alpha value is -1.93. The molecule has 110 valence electrons. The van der Waals surface area contributed by atoms with Crippen molar-refractivity contribution in [1.29, 1.82) is 0 Å². The SMILES string of the molecule is CCOC(=O)C(C)NS(=O)(=O)c1ccc(C(N)=O)cc1. The van der Waals surface area contributed by atoms with E-state index in [4.69, 9.17) is 10.5 Å². The number of esters is 1. The van der Waals surface area contributed by atoms with E-state index in [1.54, 1.807) is 6.92 Å². The van der Waals surface area contributed by atoms with E-state index in [9.17, 15) is 18.0 Å². The van der Waals surface area contributed by atoms with Crippen molar-refractivity contribution >= 4 is 21.9 Å². The highest BCUT2D eigenvalue weighted by Crippen LogP contribution is 2.11. The van der Waals surface area contributed by atoms with Crippen molar-refractivity contribution in [3.05, 3.63) is 29.8 Å². The summed E-state index contributed by atoms with van der Waals surface area (Å²) in [6.07, 6.45) is 0. The highest BCUT2D eigenvalue weighted by molar-refractivity contribution is 7.89. The molecule has 0 saturated heterocycles. The highest BCUT2D eigenvalue weighted by Gasteiger charge is 2.22. The molecule has 1 amide bonds. The molecular weight excluding hydrogens is 284 g/mol. The zero-order valence-corrected chi connectivity index (χ0v) is 11.9. The maximum atomic E-state index is 12.0. The summed E-state index contributed by atoms with van der Waals surface area (Å²) in [5, 5.41) is 0. The van der Waals surface area contributed by atoms with Crippen LogP contribution in [0.1, 0.15) is 24.2 Å². The van der Waals surface area contributed by atoms with Crippen LogP contribution in [0.15, 0.2) is 29.2 Å². The molecule has 1 atom stereocenters. The van der Waals surface area contributed by atoms with Gasteiger partial charge in [0.1, 0.15) is 6.04 Å². The van der Waals surface area contributed by atoms with Gasteiger partial charge in [0, 0.05) is 5.56 Å². The Morgan fingerprint density at radius 2 is 1.85 bits per heavy atom. The maximum Gasteiger partial charge on any atom is 0.323 e. The minimum absolute atomic E-state index is 0.0707. The Kier molecular flexibility index (Phi) is 5.23. The molecule has 0 spiro atoms. The first-order chi connectivity index (χ1) is 9.27. The Labute approximate surface area is 117 Å². The smallest absolute Gasteiger partial charge is 0.323 e. The molecule has 0 radical (unpaired) electrons. The number of amides is 1. The number of carbonyl (C=O) groups is 2. The van der Waals surface area contributed by atoms with Crippen LogP contribution < -0.4 is 10.5 Å². The van der Waals surface area contributed by atoms with E-state index in [0.29, 0.717) is 0 Å². The average molecular weight is 300 g/mol. The lowest BCUT2D eigenvalue weighted by Crippen LogP contribution is -2.39. The number of primary amides is 1. The van der Waals surface area contributed by atoms with Crippen LogP contribution in [0.5, 0.6) is 0 Å². The van der Waals surface area contributed by atoms with Crippen molar-refractivity contribution in [3.63, 3.8) is 0 Å². The van der Waals surface area contributed by atoms with Crippen LogP contribution in [0.4, 0.5) is 0 Å². The standard InChI is InChI=1S/C12H16N2O5S/c1-3-19-12(16)8(2)14-20(17,18)10-6-4-9(5-7-10)11(13)15/h4-8,14H,3H2,1-2H3,(H2,13,15). The van der Waals surface area contributed by atoms with Gasteiger partial charge >= 0.3 is 5.97 Å². The van der Waals surface area contributed by atoms with E-state index in [1.807, 2.05) is 0 Å². The second-order valence-corrected chi connectivity index (χ2v) is 5.70. The largest absolute Gasteiger partial charge is 0.465 e. The molecule has 0 aromatic heterocycles. The van der Waals surface area contributed by atoms with Crippen LogP contribution in [0.3, 0.4) is 0 Å². The molecule has 1 aromatic rings. The maximum absolute atomic E-state index is 12.0. The van der Waals surface area contributed by atoms with E-state index in [0.717, 1.165) is 0 Å². The van der Waals surface area contributed by atoms with Gasteiger partial charge in [0.25, 0.3) is 0 Å². The predicted molar refractivity (Wildman–Crippen MR) is 71.4 cm³/mol. The van der Waals surface area contributed by atoms with Gasteiger partial charge in [0.05, 0.1) is 11.5 Å². The summed E-state index contributed by atoms with van der Waals surface area (Å²) >= 11 is 0. The summed E-state index contributed by atoms with van der Waals surface area (Å²) in [4.78, 5) is 22.2. The summed E-state index contributed by atoms with van der Waals surface area (Å²) in [6.45, 7) is 3.17. The molecule has 0 aliphatic heterocycles. The normalized spacial score (nSPS) is 12.7. The summed E-state index contributed by atoms with van der Waals surface area (Å²) in [7, 11) is -3.87. The van der Waals surface area contributed by atoms with Gasteiger partial charge in [-0.2, -0.15) is 4.72 Å². The first kappa shape index (κ1) is 16.1. The van der Waals surface area contributed by atoms with Crippen LogP contribution in [0.2, 0.25) is 0 Å². The molecule has 0 aliphatic rings. The van der Waals surface area contributed by atoms with Gasteiger partial charge in [-0.1, -0.05) is 0 Å². The van der Waals surface area contributed by atoms with Crippen LogP contribution in [0.25, 0.3) is 0 Å². The zero-order valence-electron chi connectivity index (χ0n) is 11.1. The van der Waals surface area contributed by atoms with Crippen molar-refractivity contribution in [2.24, 2.45) is 5.73 Å². The lowest BCUT2D eigenvalue weighted by Gasteiger charge is -2.13. The lowest BCUT2D eigenvalue weighted by molar-refractivity contribution is -0.144. The zero-order chi connectivity index (χ0) is 15.3. The number of carbonyl (C=O) groups excluding carboxylic acids is 2. The topological polar surface area (TPSA) is 116 Å². The van der Waals surface area contributed by atoms with E-state index < -0.39 is 27.9 Å². The number of nitrogens with two attached hydrogens (primary N) is 1. The number of rotatable bonds is 6. The Balaban J connectivity index is 2.88. The van der Waals surface area contributed by atoms with E-state index >= 15 is 0 Å². The molecule has 0 aliphatic carbocycles. The minimum atomic E-state index is -3.87. The van der Waals surface area contributed by atoms with Gasteiger partial charge in [0.15, 0.2) is 0 Å². The number of ether oxygens (including phenoxy) is 1. The Morgan fingerprint density at radius 3 is 2.30 bits per heavy atom. The van der Waals surface area contributed by atoms with E-state index in [1.165, 1.54) is 31.2 Å². The monoisotopic (exact) mass is 300 g/mol. The Bertz CT molecular complexity index is 595. The molecule has 0 saturated carbocycles. The third-order valence-corrected chi connectivity index (χ3v) is 3.98. The molecule has 1 rings (SSSR count). The molecule has 0 bridgehead atoms. The van der Waals surface area contributed by atoms with Gasteiger partial charge in [-0.3, -0.25) is 9.59 Å². The molecule has 1 aromatic carbocycles. The quantitative estimate of drug-likeness (QED) is 0.718. The highest BCUT2D eigenvalue weighted by atomic mass is 32.2. The molecule has 8 heteroatoms. The van der Waals surface area contributed by atoms with Gasteiger partial charge in [-0.05, 0) is 38.1 Å². The van der Waals surface area contributed by atoms with E-state index in [2.05, 4.69) is 4.72 Å². The van der Waals surface area contributed by atoms with Crippen LogP contribution >= 0.6 is 0 Å². The number of hydrogen-bond acceptors (Lipinski definition) is 5. The third kappa shape index (κ3) is 4.04. The van der Waals surface area contributed by atoms with Crippen molar-refractivity contribution < 1.29 is 22.7 Å². The first-order valence-electron chi connectivity index (χ1n) is 5.86. The molecule has 3 N–H and O–H groups in total. The van der Waals surface area contributed by atoms with Crippen molar-refractivity contribution in [2.45, 2.75) is 24.8 Å². The predicted octanol–water partition coefficient (Wildman–Crippen LogP) is 0.0154. The van der Waals surface area contributed by atoms with Gasteiger partial charge in [0.2, 0.25) is 15.9 Å². The molecule has 20 heavy (non-hydrogen) atoms. The van der Waals surface area contributed by atoms with E-state index in [-0.39, 0.29) is 17.1 Å². The van der Waals surface area contributed by atoms with Gasteiger partial charge < -0.3 is 10.5 Å². The van der Waals surface area contributed by atoms with Crippen molar-refractivity contribution in [3.8, 4) is 0 Å². The minimum Gasteiger partial charge on any atom is -0.465 e. The van der Waals surface area contributed by atoms with Crippen molar-refractivity contribution in [1.82, 2.24) is 4.72 Å². The summed E-state index contributed by atoms with van der Waals surface area (Å²) in [5.74, 6) is -1.31. The number of benzene rings is 1. The fourth-order valence-electron chi connectivity index (χ4n) is 1.41. The summed E-state index contributed by atoms with van der Waals surface area (Å²) in [6, 6.07) is 4.06. The number of nitrogens with one attached hydrogen (secondary N) is 1. The second-order valence-electron chi connectivity index (χ2n) is 3.98. The van der Waals surface area contributed by atoms with Gasteiger partial charge in [-0.15, -0.1) is 0 Å². The van der Waals surface area contributed by atoms with Crippen LogP contribution in [-0.4, -0.2) is 32.9 Å². The van der Waals surface area contributed by atoms with Crippen LogP contribution in [-0.2, 0) is 19.6 Å². The fraction of sp³-hybridized carbons (Fsp3) is 0.333. The van der Waals surface area contributed by atoms with Crippen LogP contribution in [0, 0.1) is 0 Å². The molecule has 1 unspecified atom stereocenters. The molecule has 0 fully saturated rings. The molecule has 7 nitrogen and oxygen atoms in total. The average Bonchev–Trinajstić information content (AvgIpc) is 2.38. The molecular formula is C12H16N2O5S. The summed E-state index contributed by atoms with van der Waals surface area (Å²) in [5.41, 5.74) is 5.26. The number of sulfonamides is 1. The lowest BCUT2D eigenvalue weighted by atomic mass is 10.2. The Morgan fingerprint density at radius 1 is 1.30 bits per heavy atom. The third-order valence-electron chi connectivity index (χ3n) is 2.42. The van der Waals surface area contributed by atoms with Crippen molar-refractivity contribution in [2.75, 3.05) is 6.61 Å².